The maximum atomic E-state index is 14.5. The van der Waals surface area contributed by atoms with Gasteiger partial charge >= 0.3 is 0 Å². The Balaban J connectivity index is 0.000000235. The number of sulfonamides is 2. The lowest BCUT2D eigenvalue weighted by molar-refractivity contribution is 0.102. The lowest BCUT2D eigenvalue weighted by Gasteiger charge is -2.30. The molecule has 26 heteroatoms. The molecule has 0 saturated carbocycles. The lowest BCUT2D eigenvalue weighted by atomic mass is 10.0. The standard InChI is InChI=1S/C19H23F2N5O5S.C17H19F2N5O5S/c1-30-13-8-12(20)15(21)14(17(13)31-2)16(27)11-9-23-19(25-18(11)22)24-10-4-6-26(7-5-10)32(3,28)29;1-30(28,29)24-4-2-8(3-5-24)22-17-21-7-9(16(20)23-17)14(26)12-13(19)10(18)6-11(25)15(12)27/h8-10H,4-7H2,1-3H3,(H3,22,23,24,25);6-8,25,27H,2-5H2,1H3,(H3,20,21,22,23). The number of halogens is 4. The van der Waals surface area contributed by atoms with Gasteiger partial charge in [0.05, 0.1) is 37.9 Å². The number of methoxy groups -OCH3 is 2. The van der Waals surface area contributed by atoms with Crippen LogP contribution >= 0.6 is 0 Å². The second-order valence-electron chi connectivity index (χ2n) is 14.0. The average Bonchev–Trinajstić information content (AvgIpc) is 3.20. The summed E-state index contributed by atoms with van der Waals surface area (Å²) in [4.78, 5) is 41.4. The van der Waals surface area contributed by atoms with Crippen LogP contribution in [0.5, 0.6) is 23.0 Å². The summed E-state index contributed by atoms with van der Waals surface area (Å²) < 4.78 is 115. The van der Waals surface area contributed by atoms with Crippen molar-refractivity contribution in [1.29, 1.82) is 0 Å². The number of phenols is 2. The molecule has 20 nitrogen and oxygen atoms in total. The van der Waals surface area contributed by atoms with Gasteiger partial charge in [-0.3, -0.25) is 9.59 Å². The van der Waals surface area contributed by atoms with Gasteiger partial charge in [0.25, 0.3) is 0 Å². The summed E-state index contributed by atoms with van der Waals surface area (Å²) in [5.74, 6) is -11.0. The molecule has 2 fully saturated rings. The molecule has 8 N–H and O–H groups in total. The first kappa shape index (κ1) is 46.9. The third-order valence-electron chi connectivity index (χ3n) is 9.83. The Kier molecular flexibility index (Phi) is 14.3. The van der Waals surface area contributed by atoms with Crippen molar-refractivity contribution in [2.24, 2.45) is 0 Å². The molecule has 2 aromatic heterocycles. The molecule has 0 aliphatic carbocycles. The molecule has 2 aliphatic rings. The molecule has 2 aromatic carbocycles. The number of hydrogen-bond acceptors (Lipinski definition) is 18. The molecule has 2 saturated heterocycles. The van der Waals surface area contributed by atoms with Crippen LogP contribution in [-0.4, -0.2) is 132 Å². The normalized spacial score (nSPS) is 15.6. The highest BCUT2D eigenvalue weighted by Crippen LogP contribution is 2.37. The van der Waals surface area contributed by atoms with Gasteiger partial charge in [-0.25, -0.2) is 53.0 Å². The van der Waals surface area contributed by atoms with Crippen LogP contribution in [0, 0.1) is 23.3 Å². The number of phenolic OH excluding ortho intramolecular Hbond substituents is 2. The van der Waals surface area contributed by atoms with Crippen LogP contribution in [-0.2, 0) is 20.0 Å². The molecule has 0 unspecified atom stereocenters. The smallest absolute Gasteiger partial charge is 0.224 e. The molecular weight excluding hydrogens is 873 g/mol. The van der Waals surface area contributed by atoms with E-state index in [1.54, 1.807) is 0 Å². The van der Waals surface area contributed by atoms with E-state index >= 15 is 0 Å². The summed E-state index contributed by atoms with van der Waals surface area (Å²) in [6, 6.07) is 0.876. The van der Waals surface area contributed by atoms with Gasteiger partial charge in [0, 0.05) is 62.8 Å². The highest BCUT2D eigenvalue weighted by atomic mass is 32.2. The van der Waals surface area contributed by atoms with Crippen LogP contribution in [0.2, 0.25) is 0 Å². The number of benzene rings is 2. The maximum absolute atomic E-state index is 14.5. The minimum atomic E-state index is -3.26. The summed E-state index contributed by atoms with van der Waals surface area (Å²) in [7, 11) is -4.10. The maximum Gasteiger partial charge on any atom is 0.224 e. The van der Waals surface area contributed by atoms with Crippen molar-refractivity contribution in [1.82, 2.24) is 28.5 Å². The molecule has 2 aliphatic heterocycles. The number of hydrogen-bond donors (Lipinski definition) is 6. The summed E-state index contributed by atoms with van der Waals surface area (Å²) in [5, 5.41) is 25.2. The quantitative estimate of drug-likeness (QED) is 0.0675. The van der Waals surface area contributed by atoms with Crippen molar-refractivity contribution in [3.05, 3.63) is 70.0 Å². The highest BCUT2D eigenvalue weighted by molar-refractivity contribution is 7.88. The number of ketones is 2. The molecule has 0 atom stereocenters. The monoisotopic (exact) mass is 914 g/mol. The van der Waals surface area contributed by atoms with Crippen LogP contribution < -0.4 is 31.6 Å². The molecule has 0 bridgehead atoms. The molecular formula is C36H42F4N10O10S2. The van der Waals surface area contributed by atoms with Gasteiger partial charge in [-0.05, 0) is 25.7 Å². The van der Waals surface area contributed by atoms with Crippen molar-refractivity contribution in [3.8, 4) is 23.0 Å². The largest absolute Gasteiger partial charge is 0.504 e. The first-order valence-electron chi connectivity index (χ1n) is 18.3. The van der Waals surface area contributed by atoms with Crippen molar-refractivity contribution in [2.45, 2.75) is 37.8 Å². The zero-order chi connectivity index (χ0) is 45.8. The van der Waals surface area contributed by atoms with E-state index in [0.717, 1.165) is 31.0 Å². The lowest BCUT2D eigenvalue weighted by Crippen LogP contribution is -2.42. The number of ether oxygens (including phenoxy) is 2. The van der Waals surface area contributed by atoms with Crippen LogP contribution in [0.4, 0.5) is 41.1 Å². The number of aromatic nitrogens is 4. The van der Waals surface area contributed by atoms with E-state index in [4.69, 9.17) is 20.9 Å². The molecule has 336 valence electrons. The number of nitrogens with zero attached hydrogens (tertiary/aromatic N) is 6. The number of aromatic hydroxyl groups is 2. The van der Waals surface area contributed by atoms with E-state index in [0.29, 0.717) is 57.9 Å². The number of nitrogens with one attached hydrogen (secondary N) is 2. The first-order valence-corrected chi connectivity index (χ1v) is 22.0. The van der Waals surface area contributed by atoms with Crippen molar-refractivity contribution >= 4 is 55.1 Å². The Hall–Kier alpha value is -6.12. The molecule has 6 rings (SSSR count). The van der Waals surface area contributed by atoms with E-state index in [9.17, 15) is 54.2 Å². The average molecular weight is 915 g/mol. The number of carbonyl (C=O) groups is 2. The summed E-state index contributed by atoms with van der Waals surface area (Å²) >= 11 is 0. The van der Waals surface area contributed by atoms with E-state index in [1.165, 1.54) is 22.8 Å². The zero-order valence-electron chi connectivity index (χ0n) is 33.4. The highest BCUT2D eigenvalue weighted by Gasteiger charge is 2.31. The van der Waals surface area contributed by atoms with Crippen LogP contribution in [0.15, 0.2) is 24.5 Å². The fourth-order valence-electron chi connectivity index (χ4n) is 6.53. The van der Waals surface area contributed by atoms with E-state index < -0.39 is 83.1 Å². The Labute approximate surface area is 352 Å². The van der Waals surface area contributed by atoms with Gasteiger partial charge in [-0.2, -0.15) is 9.97 Å². The summed E-state index contributed by atoms with van der Waals surface area (Å²) in [6.45, 7) is 1.35. The van der Waals surface area contributed by atoms with Gasteiger partial charge in [0.2, 0.25) is 43.5 Å². The number of anilines is 4. The zero-order valence-corrected chi connectivity index (χ0v) is 35.1. The summed E-state index contributed by atoms with van der Waals surface area (Å²) in [5.41, 5.74) is 9.25. The predicted molar refractivity (Wildman–Crippen MR) is 215 cm³/mol. The number of carbonyl (C=O) groups excluding carboxylic acids is 2. The summed E-state index contributed by atoms with van der Waals surface area (Å²) in [6.07, 6.45) is 6.45. The van der Waals surface area contributed by atoms with Crippen molar-refractivity contribution in [3.63, 3.8) is 0 Å². The third kappa shape index (κ3) is 10.5. The fraction of sp³-hybridized carbons (Fsp3) is 0.389. The molecule has 4 aromatic rings. The molecule has 0 amide bonds. The minimum absolute atomic E-state index is 0.0636. The van der Waals surface area contributed by atoms with Gasteiger partial charge in [-0.1, -0.05) is 0 Å². The van der Waals surface area contributed by atoms with Crippen LogP contribution in [0.1, 0.15) is 57.5 Å². The van der Waals surface area contributed by atoms with E-state index in [1.807, 2.05) is 0 Å². The van der Waals surface area contributed by atoms with Crippen LogP contribution in [0.25, 0.3) is 0 Å². The first-order chi connectivity index (χ1) is 29.0. The molecule has 0 radical (unpaired) electrons. The Morgan fingerprint density at radius 1 is 0.710 bits per heavy atom. The predicted octanol–water partition coefficient (Wildman–Crippen LogP) is 2.24. The van der Waals surface area contributed by atoms with Gasteiger partial charge < -0.3 is 41.8 Å². The van der Waals surface area contributed by atoms with Gasteiger partial charge in [0.1, 0.15) is 22.8 Å². The second-order valence-corrected chi connectivity index (χ2v) is 18.0. The topological polar surface area (TPSA) is 295 Å². The number of nitrogens with two attached hydrogens (primary N) is 2. The molecule has 0 spiro atoms. The van der Waals surface area contributed by atoms with E-state index in [2.05, 4.69) is 30.6 Å². The number of rotatable bonds is 12. The third-order valence-corrected chi connectivity index (χ3v) is 12.4. The minimum Gasteiger partial charge on any atom is -0.504 e. The van der Waals surface area contributed by atoms with E-state index in [-0.39, 0.29) is 52.7 Å². The van der Waals surface area contributed by atoms with Crippen molar-refractivity contribution < 1.29 is 63.7 Å². The Morgan fingerprint density at radius 2 is 1.11 bits per heavy atom. The second kappa shape index (κ2) is 18.9. The Bertz CT molecular complexity index is 2570. The molecule has 4 heterocycles. The van der Waals surface area contributed by atoms with Crippen molar-refractivity contribution in [2.75, 3.05) is 75.0 Å². The SMILES string of the molecule is COc1cc(F)c(F)c(C(=O)c2cnc(NC3CCN(S(C)(=O)=O)CC3)nc2N)c1OC.CS(=O)(=O)N1CCC(Nc2ncc(C(=O)c3c(O)c(O)cc(F)c3F)c(N)n2)CC1. The number of piperidine rings is 2. The van der Waals surface area contributed by atoms with Crippen LogP contribution in [0.3, 0.4) is 0 Å². The fourth-order valence-corrected chi connectivity index (χ4v) is 8.28. The Morgan fingerprint density at radius 3 is 1.50 bits per heavy atom. The molecule has 62 heavy (non-hydrogen) atoms. The number of nitrogen functional groups attached to an aromatic ring is 2. The van der Waals surface area contributed by atoms with Gasteiger partial charge in [0.15, 0.2) is 46.3 Å². The van der Waals surface area contributed by atoms with Gasteiger partial charge in [-0.15, -0.1) is 0 Å².